The molecule has 1 aromatic rings. The van der Waals surface area contributed by atoms with Crippen LogP contribution in [0.5, 0.6) is 5.75 Å². The normalized spacial score (nSPS) is 24.1. The number of nitrogens with zero attached hydrogens (tertiary/aromatic N) is 1. The zero-order valence-electron chi connectivity index (χ0n) is 13.8. The zero-order chi connectivity index (χ0) is 16.3. The van der Waals surface area contributed by atoms with Crippen molar-refractivity contribution < 1.29 is 14.6 Å². The van der Waals surface area contributed by atoms with Crippen molar-refractivity contribution in [1.29, 1.82) is 0 Å². The van der Waals surface area contributed by atoms with Gasteiger partial charge in [-0.1, -0.05) is 12.1 Å². The number of nitrogens with one attached hydrogen (secondary N) is 1. The molecule has 0 spiro atoms. The number of carbonyl (C=O) groups is 1. The Labute approximate surface area is 132 Å². The second-order valence-electron chi connectivity index (χ2n) is 6.39. The van der Waals surface area contributed by atoms with E-state index in [0.717, 1.165) is 11.3 Å². The van der Waals surface area contributed by atoms with Crippen LogP contribution in [-0.2, 0) is 4.79 Å². The van der Waals surface area contributed by atoms with Gasteiger partial charge in [-0.3, -0.25) is 10.1 Å². The molecule has 1 aliphatic heterocycles. The highest BCUT2D eigenvalue weighted by Gasteiger charge is 2.35. The molecule has 0 radical (unpaired) electrons. The Hall–Kier alpha value is -1.59. The van der Waals surface area contributed by atoms with E-state index in [4.69, 9.17) is 4.74 Å². The Balaban J connectivity index is 1.96. The van der Waals surface area contributed by atoms with Crippen LogP contribution in [0.1, 0.15) is 38.8 Å². The summed E-state index contributed by atoms with van der Waals surface area (Å²) in [6, 6.07) is 7.56. The minimum absolute atomic E-state index is 0.0347. The third-order valence-corrected chi connectivity index (χ3v) is 4.23. The van der Waals surface area contributed by atoms with Crippen LogP contribution in [0, 0.1) is 0 Å². The fraction of sp³-hybridized carbons (Fsp3) is 0.588. The van der Waals surface area contributed by atoms with Gasteiger partial charge in [-0.15, -0.1) is 0 Å². The van der Waals surface area contributed by atoms with Crippen molar-refractivity contribution in [3.8, 4) is 5.75 Å². The molecule has 1 amide bonds. The first-order valence-electron chi connectivity index (χ1n) is 7.73. The van der Waals surface area contributed by atoms with Gasteiger partial charge in [-0.2, -0.15) is 0 Å². The van der Waals surface area contributed by atoms with Crippen molar-refractivity contribution in [2.75, 3.05) is 20.2 Å². The molecule has 22 heavy (non-hydrogen) atoms. The van der Waals surface area contributed by atoms with Gasteiger partial charge in [0.2, 0.25) is 5.91 Å². The second-order valence-corrected chi connectivity index (χ2v) is 6.39. The summed E-state index contributed by atoms with van der Waals surface area (Å²) < 4.78 is 5.23. The molecule has 0 aromatic heterocycles. The summed E-state index contributed by atoms with van der Waals surface area (Å²) >= 11 is 0. The number of hydrogen-bond donors (Lipinski definition) is 2. The standard InChI is InChI=1S/C17H26N2O3/c1-12(14-6-5-7-15(10-14)22-4)18-13(2)16(20)19-9-8-17(3,21)11-19/h5-7,10,12-13,18,21H,8-9,11H2,1-4H3/t12-,13+,17-/m0/s1. The van der Waals surface area contributed by atoms with E-state index in [9.17, 15) is 9.90 Å². The summed E-state index contributed by atoms with van der Waals surface area (Å²) in [5.41, 5.74) is 0.320. The molecular formula is C17H26N2O3. The Morgan fingerprint density at radius 3 is 2.77 bits per heavy atom. The smallest absolute Gasteiger partial charge is 0.239 e. The van der Waals surface area contributed by atoms with E-state index in [-0.39, 0.29) is 18.0 Å². The van der Waals surface area contributed by atoms with Crippen LogP contribution >= 0.6 is 0 Å². The highest BCUT2D eigenvalue weighted by molar-refractivity contribution is 5.82. The predicted molar refractivity (Wildman–Crippen MR) is 85.8 cm³/mol. The minimum atomic E-state index is -0.756. The number of carbonyl (C=O) groups excluding carboxylic acids is 1. The summed E-state index contributed by atoms with van der Waals surface area (Å²) in [6.45, 7) is 6.69. The van der Waals surface area contributed by atoms with Crippen molar-refractivity contribution in [2.24, 2.45) is 0 Å². The lowest BCUT2D eigenvalue weighted by molar-refractivity contribution is -0.133. The third-order valence-electron chi connectivity index (χ3n) is 4.23. The first-order valence-corrected chi connectivity index (χ1v) is 7.73. The minimum Gasteiger partial charge on any atom is -0.497 e. The summed E-state index contributed by atoms with van der Waals surface area (Å²) in [7, 11) is 1.64. The number of benzene rings is 1. The molecule has 0 aliphatic carbocycles. The second kappa shape index (κ2) is 6.67. The molecule has 0 unspecified atom stereocenters. The van der Waals surface area contributed by atoms with Gasteiger partial charge in [-0.05, 0) is 44.9 Å². The molecule has 1 fully saturated rings. The number of likely N-dealkylation sites (tertiary alicyclic amines) is 1. The lowest BCUT2D eigenvalue weighted by Crippen LogP contribution is -2.45. The number of hydrogen-bond acceptors (Lipinski definition) is 4. The summed E-state index contributed by atoms with van der Waals surface area (Å²) in [5, 5.41) is 13.3. The zero-order valence-corrected chi connectivity index (χ0v) is 13.8. The quantitative estimate of drug-likeness (QED) is 0.869. The van der Waals surface area contributed by atoms with Crippen LogP contribution in [0.25, 0.3) is 0 Å². The highest BCUT2D eigenvalue weighted by Crippen LogP contribution is 2.22. The number of aliphatic hydroxyl groups is 1. The maximum Gasteiger partial charge on any atom is 0.239 e. The van der Waals surface area contributed by atoms with Crippen LogP contribution in [0.3, 0.4) is 0 Å². The lowest BCUT2D eigenvalue weighted by Gasteiger charge is -2.25. The average molecular weight is 306 g/mol. The van der Waals surface area contributed by atoms with Crippen molar-refractivity contribution in [3.63, 3.8) is 0 Å². The van der Waals surface area contributed by atoms with Crippen molar-refractivity contribution in [2.45, 2.75) is 44.9 Å². The number of ether oxygens (including phenoxy) is 1. The topological polar surface area (TPSA) is 61.8 Å². The summed E-state index contributed by atoms with van der Waals surface area (Å²) in [4.78, 5) is 14.2. The molecule has 1 saturated heterocycles. The van der Waals surface area contributed by atoms with Gasteiger partial charge in [0.25, 0.3) is 0 Å². The predicted octanol–water partition coefficient (Wildman–Crippen LogP) is 1.72. The molecule has 0 saturated carbocycles. The van der Waals surface area contributed by atoms with Gasteiger partial charge in [0.15, 0.2) is 0 Å². The summed E-state index contributed by atoms with van der Waals surface area (Å²) in [6.07, 6.45) is 0.636. The van der Waals surface area contributed by atoms with Crippen LogP contribution in [-0.4, -0.2) is 47.8 Å². The molecule has 5 heteroatoms. The maximum absolute atomic E-state index is 12.5. The first kappa shape index (κ1) is 16.8. The van der Waals surface area contributed by atoms with Gasteiger partial charge in [0.1, 0.15) is 5.75 Å². The van der Waals surface area contributed by atoms with Gasteiger partial charge in [-0.25, -0.2) is 0 Å². The number of rotatable bonds is 5. The summed E-state index contributed by atoms with van der Waals surface area (Å²) in [5.74, 6) is 0.841. The Bertz CT molecular complexity index is 530. The fourth-order valence-corrected chi connectivity index (χ4v) is 2.86. The first-order chi connectivity index (χ1) is 10.3. The molecule has 122 valence electrons. The largest absolute Gasteiger partial charge is 0.497 e. The van der Waals surface area contributed by atoms with Crippen LogP contribution in [0.2, 0.25) is 0 Å². The maximum atomic E-state index is 12.5. The Morgan fingerprint density at radius 1 is 1.45 bits per heavy atom. The molecule has 1 aliphatic rings. The molecule has 3 atom stereocenters. The molecule has 5 nitrogen and oxygen atoms in total. The SMILES string of the molecule is COc1cccc([C@H](C)N[C@H](C)C(=O)N2CC[C@](C)(O)C2)c1. The molecule has 2 N–H and O–H groups in total. The van der Waals surface area contributed by atoms with E-state index in [1.54, 1.807) is 18.9 Å². The van der Waals surface area contributed by atoms with Gasteiger partial charge in [0, 0.05) is 19.1 Å². The van der Waals surface area contributed by atoms with Crippen molar-refractivity contribution >= 4 is 5.91 Å². The number of methoxy groups -OCH3 is 1. The Kier molecular flexibility index (Phi) is 5.08. The lowest BCUT2D eigenvalue weighted by atomic mass is 10.1. The van der Waals surface area contributed by atoms with E-state index in [1.165, 1.54) is 0 Å². The van der Waals surface area contributed by atoms with Crippen molar-refractivity contribution in [3.05, 3.63) is 29.8 Å². The monoisotopic (exact) mass is 306 g/mol. The molecule has 1 aromatic carbocycles. The van der Waals surface area contributed by atoms with Gasteiger partial charge < -0.3 is 14.7 Å². The van der Waals surface area contributed by atoms with E-state index < -0.39 is 5.60 Å². The van der Waals surface area contributed by atoms with E-state index in [2.05, 4.69) is 5.32 Å². The molecule has 1 heterocycles. The molecule has 0 bridgehead atoms. The van der Waals surface area contributed by atoms with Crippen LogP contribution in [0.15, 0.2) is 24.3 Å². The molecule has 2 rings (SSSR count). The third kappa shape index (κ3) is 3.99. The highest BCUT2D eigenvalue weighted by atomic mass is 16.5. The Morgan fingerprint density at radius 2 is 2.18 bits per heavy atom. The number of amides is 1. The average Bonchev–Trinajstić information content (AvgIpc) is 2.86. The fourth-order valence-electron chi connectivity index (χ4n) is 2.86. The van der Waals surface area contributed by atoms with E-state index >= 15 is 0 Å². The molecular weight excluding hydrogens is 280 g/mol. The van der Waals surface area contributed by atoms with Crippen LogP contribution < -0.4 is 10.1 Å². The van der Waals surface area contributed by atoms with Gasteiger partial charge in [0.05, 0.1) is 18.8 Å². The van der Waals surface area contributed by atoms with Gasteiger partial charge >= 0.3 is 0 Å². The van der Waals surface area contributed by atoms with E-state index in [1.807, 2.05) is 38.1 Å². The van der Waals surface area contributed by atoms with E-state index in [0.29, 0.717) is 19.5 Å². The van der Waals surface area contributed by atoms with Crippen molar-refractivity contribution in [1.82, 2.24) is 10.2 Å². The van der Waals surface area contributed by atoms with Crippen LogP contribution in [0.4, 0.5) is 0 Å². The number of β-amino-alcohol motifs (C(OH)–C–C–N with tert-alkyl or cyclic N) is 1.